The molecule has 1 N–H and O–H groups in total. The number of hydrogen-bond donors (Lipinski definition) is 1. The summed E-state index contributed by atoms with van der Waals surface area (Å²) in [5, 5.41) is 2.39. The van der Waals surface area contributed by atoms with Crippen LogP contribution < -0.4 is 5.32 Å². The van der Waals surface area contributed by atoms with Crippen molar-refractivity contribution >= 4 is 5.69 Å². The third kappa shape index (κ3) is 2.89. The summed E-state index contributed by atoms with van der Waals surface area (Å²) in [6, 6.07) is 9.22. The summed E-state index contributed by atoms with van der Waals surface area (Å²) in [4.78, 5) is 2.50. The highest BCUT2D eigenvalue weighted by Crippen LogP contribution is 2.23. The van der Waals surface area contributed by atoms with Gasteiger partial charge in [-0.2, -0.15) is 22.5 Å². The van der Waals surface area contributed by atoms with E-state index in [1.807, 2.05) is 37.3 Å². The van der Waals surface area contributed by atoms with Crippen molar-refractivity contribution in [1.29, 1.82) is 0 Å². The molecule has 1 aromatic carbocycles. The molecule has 0 aliphatic carbocycles. The predicted octanol–water partition coefficient (Wildman–Crippen LogP) is 3.85. The number of halogens is 4. The van der Waals surface area contributed by atoms with Gasteiger partial charge in [0.2, 0.25) is 11.6 Å². The van der Waals surface area contributed by atoms with Gasteiger partial charge in [-0.3, -0.25) is 0 Å². The Hall–Kier alpha value is -2.11. The van der Waals surface area contributed by atoms with E-state index < -0.39 is 29.2 Å². The first kappa shape index (κ1) is 14.3. The monoisotopic (exact) mass is 284 g/mol. The molecular weight excluding hydrogens is 272 g/mol. The van der Waals surface area contributed by atoms with E-state index >= 15 is 0 Å². The Morgan fingerprint density at radius 2 is 1.55 bits per heavy atom. The molecule has 6 heteroatoms. The number of pyridine rings is 1. The van der Waals surface area contributed by atoms with Gasteiger partial charge in [0.1, 0.15) is 5.69 Å². The molecule has 2 rings (SSSR count). The number of rotatable bonds is 4. The van der Waals surface area contributed by atoms with E-state index in [1.54, 1.807) is 0 Å². The summed E-state index contributed by atoms with van der Waals surface area (Å²) in [6.45, 7) is 1.95. The Bertz CT molecular complexity index is 576. The number of hydrogen-bond acceptors (Lipinski definition) is 2. The third-order valence-electron chi connectivity index (χ3n) is 2.95. The van der Waals surface area contributed by atoms with Crippen LogP contribution in [0.2, 0.25) is 0 Å². The molecule has 2 nitrogen and oxygen atoms in total. The molecule has 0 radical (unpaired) electrons. The Morgan fingerprint density at radius 1 is 1.00 bits per heavy atom. The maximum Gasteiger partial charge on any atom is 0.253 e. The number of benzene rings is 1. The van der Waals surface area contributed by atoms with Crippen molar-refractivity contribution in [2.24, 2.45) is 0 Å². The minimum Gasteiger partial charge on any atom is -0.379 e. The number of nitrogens with one attached hydrogen (secondary N) is 1. The zero-order valence-corrected chi connectivity index (χ0v) is 10.6. The quantitative estimate of drug-likeness (QED) is 0.681. The summed E-state index contributed by atoms with van der Waals surface area (Å²) < 4.78 is 52.6. The molecule has 106 valence electrons. The van der Waals surface area contributed by atoms with Gasteiger partial charge < -0.3 is 5.32 Å². The molecule has 2 aromatic rings. The van der Waals surface area contributed by atoms with E-state index in [9.17, 15) is 17.6 Å². The maximum atomic E-state index is 13.4. The van der Waals surface area contributed by atoms with Crippen LogP contribution in [0.25, 0.3) is 0 Å². The van der Waals surface area contributed by atoms with Gasteiger partial charge in [0.15, 0.2) is 0 Å². The molecule has 1 atom stereocenters. The summed E-state index contributed by atoms with van der Waals surface area (Å²) in [5.41, 5.74) is 0.105. The Kier molecular flexibility index (Phi) is 4.22. The van der Waals surface area contributed by atoms with Gasteiger partial charge in [-0.15, -0.1) is 0 Å². The van der Waals surface area contributed by atoms with Gasteiger partial charge in [0, 0.05) is 6.54 Å². The van der Waals surface area contributed by atoms with Crippen LogP contribution in [0.5, 0.6) is 0 Å². The smallest absolute Gasteiger partial charge is 0.253 e. The zero-order valence-electron chi connectivity index (χ0n) is 10.6. The van der Waals surface area contributed by atoms with E-state index in [2.05, 4.69) is 10.3 Å². The lowest BCUT2D eigenvalue weighted by molar-refractivity contribution is 0.410. The Morgan fingerprint density at radius 3 is 2.10 bits per heavy atom. The molecule has 1 unspecified atom stereocenters. The van der Waals surface area contributed by atoms with Crippen LogP contribution in [0.1, 0.15) is 18.4 Å². The highest BCUT2D eigenvalue weighted by atomic mass is 19.2. The second-order valence-corrected chi connectivity index (χ2v) is 4.39. The molecule has 0 aliphatic heterocycles. The van der Waals surface area contributed by atoms with Crippen molar-refractivity contribution in [3.05, 3.63) is 59.4 Å². The van der Waals surface area contributed by atoms with Crippen LogP contribution in [-0.2, 0) is 0 Å². The van der Waals surface area contributed by atoms with Crippen molar-refractivity contribution < 1.29 is 17.6 Å². The third-order valence-corrected chi connectivity index (χ3v) is 2.95. The molecule has 0 fully saturated rings. The molecule has 1 heterocycles. The molecule has 20 heavy (non-hydrogen) atoms. The lowest BCUT2D eigenvalue weighted by Gasteiger charge is -2.15. The molecule has 0 aliphatic rings. The van der Waals surface area contributed by atoms with Crippen molar-refractivity contribution in [1.82, 2.24) is 4.98 Å². The van der Waals surface area contributed by atoms with E-state index in [4.69, 9.17) is 0 Å². The van der Waals surface area contributed by atoms with Crippen LogP contribution >= 0.6 is 0 Å². The largest absolute Gasteiger partial charge is 0.379 e. The summed E-state index contributed by atoms with van der Waals surface area (Å²) in [6.07, 6.45) is 0. The van der Waals surface area contributed by atoms with Gasteiger partial charge in [-0.1, -0.05) is 37.3 Å². The van der Waals surface area contributed by atoms with Crippen molar-refractivity contribution in [3.63, 3.8) is 0 Å². The molecule has 0 spiro atoms. The molecule has 0 bridgehead atoms. The average molecular weight is 284 g/mol. The predicted molar refractivity (Wildman–Crippen MR) is 67.4 cm³/mol. The number of nitrogens with zero attached hydrogens (tertiary/aromatic N) is 1. The lowest BCUT2D eigenvalue weighted by atomic mass is 10.0. The second kappa shape index (κ2) is 5.90. The fourth-order valence-electron chi connectivity index (χ4n) is 1.80. The number of aromatic nitrogens is 1. The standard InChI is InChI=1S/C14H12F4N2/c1-8(9-5-3-2-4-6-9)7-19-12-10(15)13(17)20-14(18)11(12)16/h2-6,8H,7H2,1H3,(H,19,20). The van der Waals surface area contributed by atoms with E-state index in [-0.39, 0.29) is 12.5 Å². The van der Waals surface area contributed by atoms with Crippen LogP contribution in [-0.4, -0.2) is 11.5 Å². The molecule has 0 saturated carbocycles. The van der Waals surface area contributed by atoms with Crippen LogP contribution in [0, 0.1) is 23.5 Å². The van der Waals surface area contributed by atoms with Crippen LogP contribution in [0.3, 0.4) is 0 Å². The first-order valence-electron chi connectivity index (χ1n) is 5.99. The fourth-order valence-corrected chi connectivity index (χ4v) is 1.80. The van der Waals surface area contributed by atoms with E-state index in [1.165, 1.54) is 0 Å². The minimum atomic E-state index is -1.67. The maximum absolute atomic E-state index is 13.4. The van der Waals surface area contributed by atoms with Crippen LogP contribution in [0.4, 0.5) is 23.2 Å². The summed E-state index contributed by atoms with van der Waals surface area (Å²) in [7, 11) is 0. The van der Waals surface area contributed by atoms with Crippen molar-refractivity contribution in [2.75, 3.05) is 11.9 Å². The molecule has 1 aromatic heterocycles. The van der Waals surface area contributed by atoms with Gasteiger partial charge in [-0.05, 0) is 11.5 Å². The van der Waals surface area contributed by atoms with Crippen LogP contribution in [0.15, 0.2) is 30.3 Å². The Balaban J connectivity index is 2.16. The zero-order chi connectivity index (χ0) is 14.7. The molecule has 0 amide bonds. The van der Waals surface area contributed by atoms with E-state index in [0.29, 0.717) is 0 Å². The Labute approximate surface area is 113 Å². The molecule has 0 saturated heterocycles. The van der Waals surface area contributed by atoms with Gasteiger partial charge in [0.05, 0.1) is 0 Å². The van der Waals surface area contributed by atoms with Gasteiger partial charge in [-0.25, -0.2) is 0 Å². The van der Waals surface area contributed by atoms with E-state index in [0.717, 1.165) is 5.56 Å². The lowest BCUT2D eigenvalue weighted by Crippen LogP contribution is -2.14. The SMILES string of the molecule is CC(CNc1c(F)c(F)nc(F)c1F)c1ccccc1. The number of anilines is 1. The first-order chi connectivity index (χ1) is 9.50. The van der Waals surface area contributed by atoms with Gasteiger partial charge in [0.25, 0.3) is 11.9 Å². The average Bonchev–Trinajstić information content (AvgIpc) is 2.46. The fraction of sp³-hybridized carbons (Fsp3) is 0.214. The topological polar surface area (TPSA) is 24.9 Å². The normalized spacial score (nSPS) is 12.2. The first-order valence-corrected chi connectivity index (χ1v) is 5.99. The van der Waals surface area contributed by atoms with Crippen molar-refractivity contribution in [3.8, 4) is 0 Å². The highest BCUT2D eigenvalue weighted by Gasteiger charge is 2.21. The highest BCUT2D eigenvalue weighted by molar-refractivity contribution is 5.45. The van der Waals surface area contributed by atoms with Crippen molar-refractivity contribution in [2.45, 2.75) is 12.8 Å². The summed E-state index contributed by atoms with van der Waals surface area (Å²) in [5.74, 6) is -6.47. The molecular formula is C14H12F4N2. The summed E-state index contributed by atoms with van der Waals surface area (Å²) >= 11 is 0. The minimum absolute atomic E-state index is 0.0886. The second-order valence-electron chi connectivity index (χ2n) is 4.39. The van der Waals surface area contributed by atoms with Gasteiger partial charge >= 0.3 is 0 Å².